The molecule has 1 N–H and O–H groups in total. The molecule has 3 aromatic rings. The summed E-state index contributed by atoms with van der Waals surface area (Å²) in [5.41, 5.74) is 3.02. The number of hydrogen-bond acceptors (Lipinski definition) is 4. The molecule has 0 aliphatic rings. The number of benzene rings is 3. The molecule has 3 rings (SSSR count). The molecule has 0 saturated carbocycles. The molecule has 0 aromatic heterocycles. The summed E-state index contributed by atoms with van der Waals surface area (Å²) in [7, 11) is -2.27. The number of likely N-dealkylation sites (N-methyl/N-ethyl adjacent to an activating group) is 1. The Morgan fingerprint density at radius 3 is 1.92 bits per heavy atom. The van der Waals surface area contributed by atoms with Gasteiger partial charge in [-0.25, -0.2) is 8.42 Å². The van der Waals surface area contributed by atoms with Crippen molar-refractivity contribution in [2.24, 2.45) is 0 Å². The van der Waals surface area contributed by atoms with E-state index < -0.39 is 28.5 Å². The first-order valence-electron chi connectivity index (χ1n) is 12.3. The molecule has 7 nitrogen and oxygen atoms in total. The fraction of sp³-hybridized carbons (Fsp3) is 0.310. The molecule has 37 heavy (non-hydrogen) atoms. The molecular weight excluding hydrogens is 486 g/mol. The van der Waals surface area contributed by atoms with Crippen LogP contribution >= 0.6 is 0 Å². The van der Waals surface area contributed by atoms with Crippen molar-refractivity contribution >= 4 is 27.5 Å². The van der Waals surface area contributed by atoms with Gasteiger partial charge in [-0.2, -0.15) is 0 Å². The number of anilines is 1. The molecule has 0 radical (unpaired) electrons. The average molecular weight is 522 g/mol. The Morgan fingerprint density at radius 1 is 0.838 bits per heavy atom. The first-order valence-corrected chi connectivity index (χ1v) is 14.1. The fourth-order valence-corrected chi connectivity index (χ4v) is 5.17. The van der Waals surface area contributed by atoms with Crippen molar-refractivity contribution in [1.29, 1.82) is 0 Å². The molecule has 0 fully saturated rings. The summed E-state index contributed by atoms with van der Waals surface area (Å²) in [6.07, 6.45) is 1.39. The number of sulfonamides is 1. The largest absolute Gasteiger partial charge is 0.357 e. The second-order valence-corrected chi connectivity index (χ2v) is 11.2. The monoisotopic (exact) mass is 521 g/mol. The van der Waals surface area contributed by atoms with Crippen LogP contribution < -0.4 is 9.62 Å². The third-order valence-electron chi connectivity index (χ3n) is 6.22. The summed E-state index contributed by atoms with van der Waals surface area (Å²) >= 11 is 0. The van der Waals surface area contributed by atoms with E-state index in [1.54, 1.807) is 12.1 Å². The lowest BCUT2D eigenvalue weighted by Gasteiger charge is -2.33. The number of carbonyl (C=O) groups excluding carboxylic acids is 2. The zero-order chi connectivity index (χ0) is 27.0. The highest BCUT2D eigenvalue weighted by Gasteiger charge is 2.33. The highest BCUT2D eigenvalue weighted by atomic mass is 32.2. The Kier molecular flexibility index (Phi) is 9.47. The molecule has 0 aliphatic carbocycles. The number of rotatable bonds is 11. The van der Waals surface area contributed by atoms with Crippen LogP contribution in [0.3, 0.4) is 0 Å². The van der Waals surface area contributed by atoms with Gasteiger partial charge in [-0.1, -0.05) is 92.7 Å². The van der Waals surface area contributed by atoms with E-state index in [2.05, 4.69) is 5.32 Å². The van der Waals surface area contributed by atoms with Gasteiger partial charge in [-0.05, 0) is 28.7 Å². The Balaban J connectivity index is 2.04. The van der Waals surface area contributed by atoms with Gasteiger partial charge >= 0.3 is 0 Å². The van der Waals surface area contributed by atoms with Crippen LogP contribution in [0.1, 0.15) is 36.5 Å². The number of nitrogens with one attached hydrogen (secondary N) is 1. The van der Waals surface area contributed by atoms with Crippen molar-refractivity contribution in [2.45, 2.75) is 38.8 Å². The first kappa shape index (κ1) is 27.9. The van der Waals surface area contributed by atoms with Gasteiger partial charge in [0.05, 0.1) is 11.9 Å². The summed E-state index contributed by atoms with van der Waals surface area (Å²) < 4.78 is 27.0. The van der Waals surface area contributed by atoms with Crippen LogP contribution in [0.4, 0.5) is 5.69 Å². The minimum absolute atomic E-state index is 0.0488. The third kappa shape index (κ3) is 7.43. The van der Waals surface area contributed by atoms with Gasteiger partial charge in [0.15, 0.2) is 0 Å². The van der Waals surface area contributed by atoms with Crippen molar-refractivity contribution < 1.29 is 18.0 Å². The lowest BCUT2D eigenvalue weighted by molar-refractivity contribution is -0.139. The molecule has 0 unspecified atom stereocenters. The van der Waals surface area contributed by atoms with Gasteiger partial charge in [-0.3, -0.25) is 13.9 Å². The number of carbonyl (C=O) groups is 2. The van der Waals surface area contributed by atoms with Crippen LogP contribution in [0.15, 0.2) is 84.9 Å². The average Bonchev–Trinajstić information content (AvgIpc) is 2.89. The first-order chi connectivity index (χ1) is 17.6. The topological polar surface area (TPSA) is 86.8 Å². The minimum atomic E-state index is -3.80. The zero-order valence-electron chi connectivity index (χ0n) is 21.8. The van der Waals surface area contributed by atoms with Crippen LogP contribution in [0.25, 0.3) is 0 Å². The summed E-state index contributed by atoms with van der Waals surface area (Å²) in [6.45, 7) is 3.69. The van der Waals surface area contributed by atoms with Crippen LogP contribution in [0, 0.1) is 0 Å². The smallest absolute Gasteiger partial charge is 0.244 e. The van der Waals surface area contributed by atoms with Gasteiger partial charge in [0.1, 0.15) is 12.6 Å². The highest BCUT2D eigenvalue weighted by molar-refractivity contribution is 7.92. The Morgan fingerprint density at radius 2 is 1.38 bits per heavy atom. The summed E-state index contributed by atoms with van der Waals surface area (Å²) in [6, 6.07) is 25.2. The van der Waals surface area contributed by atoms with Crippen LogP contribution in [0.5, 0.6) is 0 Å². The maximum Gasteiger partial charge on any atom is 0.244 e. The Labute approximate surface area is 220 Å². The van der Waals surface area contributed by atoms with Gasteiger partial charge in [0.25, 0.3) is 0 Å². The predicted octanol–water partition coefficient (Wildman–Crippen LogP) is 3.96. The SMILES string of the molecule is CNC(=O)[C@@H](Cc1ccccc1)N(Cc1ccccc1)C(=O)CN(c1ccccc1C(C)C)S(C)(=O)=O. The third-order valence-corrected chi connectivity index (χ3v) is 7.35. The van der Waals surface area contributed by atoms with Gasteiger partial charge in [-0.15, -0.1) is 0 Å². The second-order valence-electron chi connectivity index (χ2n) is 9.31. The zero-order valence-corrected chi connectivity index (χ0v) is 22.6. The highest BCUT2D eigenvalue weighted by Crippen LogP contribution is 2.29. The molecule has 0 saturated heterocycles. The summed E-state index contributed by atoms with van der Waals surface area (Å²) in [5.74, 6) is -0.730. The van der Waals surface area contributed by atoms with Crippen molar-refractivity contribution in [3.63, 3.8) is 0 Å². The van der Waals surface area contributed by atoms with Crippen LogP contribution in [0.2, 0.25) is 0 Å². The second kappa shape index (κ2) is 12.5. The lowest BCUT2D eigenvalue weighted by Crippen LogP contribution is -2.53. The molecule has 0 aliphatic heterocycles. The van der Waals surface area contributed by atoms with Gasteiger partial charge in [0.2, 0.25) is 21.8 Å². The predicted molar refractivity (Wildman–Crippen MR) is 148 cm³/mol. The molecule has 0 spiro atoms. The maximum absolute atomic E-state index is 14.0. The van der Waals surface area contributed by atoms with Crippen LogP contribution in [-0.4, -0.2) is 51.0 Å². The van der Waals surface area contributed by atoms with Crippen molar-refractivity contribution in [3.8, 4) is 0 Å². The standard InChI is InChI=1S/C29H35N3O4S/c1-22(2)25-17-11-12-18-26(25)32(37(4,35)36)21-28(33)31(20-24-15-9-6-10-16-24)27(29(34)30-3)19-23-13-7-5-8-14-23/h5-18,22,27H,19-21H2,1-4H3,(H,30,34)/t27-/m1/s1. The lowest BCUT2D eigenvalue weighted by atomic mass is 10.0. The molecule has 2 amide bonds. The molecule has 0 heterocycles. The minimum Gasteiger partial charge on any atom is -0.357 e. The van der Waals surface area contributed by atoms with E-state index in [4.69, 9.17) is 0 Å². The molecule has 0 bridgehead atoms. The number of amides is 2. The molecule has 3 aromatic carbocycles. The molecular formula is C29H35N3O4S. The van der Waals surface area contributed by atoms with E-state index >= 15 is 0 Å². The van der Waals surface area contributed by atoms with E-state index in [1.165, 1.54) is 11.9 Å². The van der Waals surface area contributed by atoms with Crippen molar-refractivity contribution in [2.75, 3.05) is 24.2 Å². The molecule has 196 valence electrons. The van der Waals surface area contributed by atoms with Crippen LogP contribution in [-0.2, 0) is 32.6 Å². The fourth-order valence-electron chi connectivity index (χ4n) is 4.30. The Bertz CT molecular complexity index is 1290. The van der Waals surface area contributed by atoms with Crippen molar-refractivity contribution in [1.82, 2.24) is 10.2 Å². The number of para-hydroxylation sites is 1. The van der Waals surface area contributed by atoms with Gasteiger partial charge < -0.3 is 10.2 Å². The quantitative estimate of drug-likeness (QED) is 0.414. The maximum atomic E-state index is 14.0. The van der Waals surface area contributed by atoms with E-state index in [-0.39, 0.29) is 18.4 Å². The van der Waals surface area contributed by atoms with E-state index in [9.17, 15) is 18.0 Å². The van der Waals surface area contributed by atoms with E-state index in [1.807, 2.05) is 86.6 Å². The molecule has 1 atom stereocenters. The number of hydrogen-bond donors (Lipinski definition) is 1. The summed E-state index contributed by atoms with van der Waals surface area (Å²) in [5, 5.41) is 2.68. The van der Waals surface area contributed by atoms with Gasteiger partial charge in [0, 0.05) is 20.0 Å². The van der Waals surface area contributed by atoms with Crippen molar-refractivity contribution in [3.05, 3.63) is 102 Å². The van der Waals surface area contributed by atoms with E-state index in [0.29, 0.717) is 12.1 Å². The summed E-state index contributed by atoms with van der Waals surface area (Å²) in [4.78, 5) is 28.5. The normalized spacial score (nSPS) is 12.1. The van der Waals surface area contributed by atoms with E-state index in [0.717, 1.165) is 27.3 Å². The molecule has 8 heteroatoms. The Hall–Kier alpha value is -3.65. The number of nitrogens with zero attached hydrogens (tertiary/aromatic N) is 2.